The van der Waals surface area contributed by atoms with E-state index in [2.05, 4.69) is 41.7 Å². The molecule has 4 heteroatoms. The van der Waals surface area contributed by atoms with E-state index in [1.54, 1.807) is 0 Å². The number of likely N-dealkylation sites (N-methyl/N-ethyl adjacent to an activating group) is 1. The number of ether oxygens (including phenoxy) is 1. The lowest BCUT2D eigenvalue weighted by atomic mass is 9.97. The molecule has 39 heavy (non-hydrogen) atoms. The van der Waals surface area contributed by atoms with Gasteiger partial charge in [0.2, 0.25) is 5.78 Å². The van der Waals surface area contributed by atoms with Gasteiger partial charge in [-0.3, -0.25) is 9.28 Å². The maximum atomic E-state index is 13.7. The van der Waals surface area contributed by atoms with E-state index in [1.807, 2.05) is 0 Å². The third-order valence-electron chi connectivity index (χ3n) is 8.87. The van der Waals surface area contributed by atoms with Crippen molar-refractivity contribution in [2.24, 2.45) is 0 Å². The molecular weight excluding hydrogens is 502 g/mol. The fraction of sp³-hybridized carbons (Fsp3) is 0.971. The van der Waals surface area contributed by atoms with E-state index in [0.29, 0.717) is 12.2 Å². The maximum absolute atomic E-state index is 13.7. The second-order valence-corrected chi connectivity index (χ2v) is 12.6. The normalized spacial score (nSPS) is 13.3. The number of carbonyl (C=O) groups is 1. The van der Waals surface area contributed by atoms with E-state index in [-0.39, 0.29) is 12.4 Å². The maximum Gasteiger partial charge on any atom is 0.260 e. The highest BCUT2D eigenvalue weighted by Crippen LogP contribution is 2.30. The van der Waals surface area contributed by atoms with Crippen LogP contribution in [0.15, 0.2) is 0 Å². The Balaban J connectivity index is 0. The molecule has 0 aromatic heterocycles. The van der Waals surface area contributed by atoms with Crippen molar-refractivity contribution < 1.29 is 26.4 Å². The summed E-state index contributed by atoms with van der Waals surface area (Å²) in [6.07, 6.45) is 30.6. The number of quaternary nitrogens is 1. The van der Waals surface area contributed by atoms with Gasteiger partial charge < -0.3 is 17.1 Å². The molecule has 1 unspecified atom stereocenters. The number of ketones is 1. The molecule has 0 aromatic carbocycles. The molecule has 0 spiro atoms. The van der Waals surface area contributed by atoms with E-state index in [4.69, 9.17) is 4.74 Å². The molecular formula is C35H72ClNO2. The van der Waals surface area contributed by atoms with Gasteiger partial charge in [-0.1, -0.05) is 150 Å². The quantitative estimate of drug-likeness (QED) is 0.0492. The summed E-state index contributed by atoms with van der Waals surface area (Å²) in [6.45, 7) is 13.9. The zero-order chi connectivity index (χ0) is 28.4. The van der Waals surface area contributed by atoms with E-state index >= 15 is 0 Å². The number of carbonyl (C=O) groups excluding carboxylic acids is 1. The van der Waals surface area contributed by atoms with Crippen molar-refractivity contribution in [2.45, 2.75) is 194 Å². The Labute approximate surface area is 253 Å². The van der Waals surface area contributed by atoms with Gasteiger partial charge in [0.1, 0.15) is 0 Å². The lowest BCUT2D eigenvalue weighted by Gasteiger charge is -2.47. The fourth-order valence-corrected chi connectivity index (χ4v) is 6.11. The second kappa shape index (κ2) is 28.0. The highest BCUT2D eigenvalue weighted by molar-refractivity contribution is 5.85. The molecule has 1 atom stereocenters. The first-order chi connectivity index (χ1) is 18.4. The fourth-order valence-electron chi connectivity index (χ4n) is 6.11. The number of rotatable bonds is 30. The molecule has 0 saturated carbocycles. The van der Waals surface area contributed by atoms with E-state index < -0.39 is 5.72 Å². The summed E-state index contributed by atoms with van der Waals surface area (Å²) in [5.41, 5.74) is -0.704. The van der Waals surface area contributed by atoms with Gasteiger partial charge in [0.05, 0.1) is 26.7 Å². The van der Waals surface area contributed by atoms with Crippen molar-refractivity contribution in [1.82, 2.24) is 0 Å². The van der Waals surface area contributed by atoms with Crippen LogP contribution in [0.4, 0.5) is 0 Å². The van der Waals surface area contributed by atoms with Gasteiger partial charge in [-0.2, -0.15) is 0 Å². The molecule has 0 saturated heterocycles. The Morgan fingerprint density at radius 1 is 0.538 bits per heavy atom. The van der Waals surface area contributed by atoms with Crippen molar-refractivity contribution in [3.8, 4) is 0 Å². The molecule has 0 bridgehead atoms. The van der Waals surface area contributed by atoms with Crippen LogP contribution in [0.2, 0.25) is 0 Å². The third-order valence-corrected chi connectivity index (χ3v) is 8.87. The summed E-state index contributed by atoms with van der Waals surface area (Å²) in [5, 5.41) is 0. The number of Topliss-reactive ketones (excluding diaryl/α,β-unsaturated/α-hetero) is 1. The lowest BCUT2D eigenvalue weighted by molar-refractivity contribution is -0.970. The van der Waals surface area contributed by atoms with Crippen LogP contribution in [-0.2, 0) is 9.53 Å². The Kier molecular flexibility index (Phi) is 29.5. The molecule has 3 nitrogen and oxygen atoms in total. The first-order valence-corrected chi connectivity index (χ1v) is 17.4. The van der Waals surface area contributed by atoms with Gasteiger partial charge in [0.25, 0.3) is 5.72 Å². The van der Waals surface area contributed by atoms with E-state index in [9.17, 15) is 4.79 Å². The summed E-state index contributed by atoms with van der Waals surface area (Å²) < 4.78 is 7.34. The summed E-state index contributed by atoms with van der Waals surface area (Å²) >= 11 is 0. The van der Waals surface area contributed by atoms with E-state index in [0.717, 1.165) is 49.9 Å². The first kappa shape index (κ1) is 41.0. The number of unbranched alkanes of at least 4 members (excludes halogenated alkanes) is 19. The van der Waals surface area contributed by atoms with Crippen LogP contribution in [0.25, 0.3) is 0 Å². The first-order valence-electron chi connectivity index (χ1n) is 17.4. The van der Waals surface area contributed by atoms with Crippen molar-refractivity contribution in [1.29, 1.82) is 0 Å². The molecule has 0 heterocycles. The van der Waals surface area contributed by atoms with Crippen molar-refractivity contribution in [3.05, 3.63) is 0 Å². The van der Waals surface area contributed by atoms with Crippen molar-refractivity contribution in [2.75, 3.05) is 26.7 Å². The predicted molar refractivity (Wildman–Crippen MR) is 169 cm³/mol. The molecule has 0 radical (unpaired) electrons. The van der Waals surface area contributed by atoms with Gasteiger partial charge in [-0.05, 0) is 25.7 Å². The van der Waals surface area contributed by atoms with Gasteiger partial charge in [0, 0.05) is 13.3 Å². The molecule has 0 aliphatic rings. The van der Waals surface area contributed by atoms with Gasteiger partial charge in [-0.25, -0.2) is 0 Å². The molecule has 0 N–H and O–H groups in total. The molecule has 0 amide bonds. The van der Waals surface area contributed by atoms with Crippen LogP contribution in [0.3, 0.4) is 0 Å². The second-order valence-electron chi connectivity index (χ2n) is 12.6. The SMILES string of the molecule is CCCCCCCCCCCCCCOC(C)(C(=O)CCCCCCCCCCC)[N+](C)(CCC)CCC.[Cl-]. The van der Waals surface area contributed by atoms with Crippen LogP contribution in [0.1, 0.15) is 189 Å². The minimum absolute atomic E-state index is 0. The minimum atomic E-state index is -0.704. The van der Waals surface area contributed by atoms with Gasteiger partial charge in [-0.15, -0.1) is 0 Å². The van der Waals surface area contributed by atoms with Crippen LogP contribution in [0.5, 0.6) is 0 Å². The molecule has 236 valence electrons. The Bertz CT molecular complexity index is 521. The zero-order valence-electron chi connectivity index (χ0n) is 27.7. The molecule has 0 aliphatic heterocycles. The number of nitrogens with zero attached hydrogens (tertiary/aromatic N) is 1. The smallest absolute Gasteiger partial charge is 0.260 e. The van der Waals surface area contributed by atoms with Crippen LogP contribution in [-0.4, -0.2) is 42.7 Å². The third kappa shape index (κ3) is 19.6. The molecule has 0 fully saturated rings. The average molecular weight is 574 g/mol. The Morgan fingerprint density at radius 2 is 0.872 bits per heavy atom. The molecule has 0 aromatic rings. The predicted octanol–water partition coefficient (Wildman–Crippen LogP) is 8.18. The number of hydrogen-bond donors (Lipinski definition) is 0. The van der Waals surface area contributed by atoms with E-state index in [1.165, 1.54) is 122 Å². The topological polar surface area (TPSA) is 26.3 Å². The Hall–Kier alpha value is -0.120. The van der Waals surface area contributed by atoms with Crippen LogP contribution >= 0.6 is 0 Å². The summed E-state index contributed by atoms with van der Waals surface area (Å²) in [5.74, 6) is 0.337. The summed E-state index contributed by atoms with van der Waals surface area (Å²) in [6, 6.07) is 0. The monoisotopic (exact) mass is 574 g/mol. The highest BCUT2D eigenvalue weighted by atomic mass is 35.5. The molecule has 0 rings (SSSR count). The molecule has 0 aliphatic carbocycles. The zero-order valence-corrected chi connectivity index (χ0v) is 28.5. The number of halogens is 1. The standard InChI is InChI=1S/C35H72NO2.ClH/c1-7-11-13-15-17-19-20-21-23-25-27-29-33-38-35(5,36(6,31-9-3)32-10-4)34(37)30-28-26-24-22-18-16-14-12-8-2;/h7-33H2,1-6H3;1H/q+1;/p-1. The minimum Gasteiger partial charge on any atom is -1.00 e. The average Bonchev–Trinajstić information content (AvgIpc) is 2.90. The van der Waals surface area contributed by atoms with Crippen molar-refractivity contribution in [3.63, 3.8) is 0 Å². The van der Waals surface area contributed by atoms with Gasteiger partial charge >= 0.3 is 0 Å². The highest BCUT2D eigenvalue weighted by Gasteiger charge is 2.50. The van der Waals surface area contributed by atoms with Crippen LogP contribution in [0, 0.1) is 0 Å². The lowest BCUT2D eigenvalue weighted by Crippen LogP contribution is -3.00. The summed E-state index contributed by atoms with van der Waals surface area (Å²) in [7, 11) is 2.27. The largest absolute Gasteiger partial charge is 1.00 e. The van der Waals surface area contributed by atoms with Crippen molar-refractivity contribution >= 4 is 5.78 Å². The number of hydrogen-bond acceptors (Lipinski definition) is 2. The van der Waals surface area contributed by atoms with Crippen LogP contribution < -0.4 is 12.4 Å². The van der Waals surface area contributed by atoms with Gasteiger partial charge in [0.15, 0.2) is 0 Å². The summed E-state index contributed by atoms with van der Waals surface area (Å²) in [4.78, 5) is 13.7. The Morgan fingerprint density at radius 3 is 1.23 bits per heavy atom.